The second kappa shape index (κ2) is 9.34. The molecule has 3 aromatic carbocycles. The van der Waals surface area contributed by atoms with Crippen LogP contribution in [-0.2, 0) is 11.2 Å². The average molecular weight is 474 g/mol. The minimum absolute atomic E-state index is 0.178. The van der Waals surface area contributed by atoms with E-state index in [1.807, 2.05) is 42.5 Å². The Labute approximate surface area is 200 Å². The summed E-state index contributed by atoms with van der Waals surface area (Å²) in [7, 11) is 0. The van der Waals surface area contributed by atoms with Crippen LogP contribution in [0.4, 0.5) is 22.7 Å². The zero-order valence-corrected chi connectivity index (χ0v) is 19.0. The van der Waals surface area contributed by atoms with Crippen molar-refractivity contribution in [1.29, 1.82) is 0 Å². The smallest absolute Gasteiger partial charge is 0.277 e. The van der Waals surface area contributed by atoms with Gasteiger partial charge in [0.1, 0.15) is 0 Å². The fourth-order valence-corrected chi connectivity index (χ4v) is 4.57. The number of anilines is 2. The molecule has 3 aromatic rings. The summed E-state index contributed by atoms with van der Waals surface area (Å²) >= 11 is 0. The van der Waals surface area contributed by atoms with Gasteiger partial charge in [-0.05, 0) is 37.1 Å². The number of hydrogen-bond donors (Lipinski definition) is 0. The second-order valence-electron chi connectivity index (χ2n) is 8.29. The molecule has 10 nitrogen and oxygen atoms in total. The SMILES string of the molecule is CC(=O)N(c1ccccc1)C1Cc2ccccc2N(C(=O)c2cc([N+](=O)[O-])cc([N+](=O)[O-])c2)C1C. The quantitative estimate of drug-likeness (QED) is 0.395. The molecule has 35 heavy (non-hydrogen) atoms. The lowest BCUT2D eigenvalue weighted by molar-refractivity contribution is -0.394. The van der Waals surface area contributed by atoms with Crippen molar-refractivity contribution < 1.29 is 19.4 Å². The Hall–Kier alpha value is -4.60. The molecule has 0 aliphatic carbocycles. The van der Waals surface area contributed by atoms with Crippen LogP contribution in [0.1, 0.15) is 29.8 Å². The van der Waals surface area contributed by atoms with Crippen molar-refractivity contribution in [2.24, 2.45) is 0 Å². The fraction of sp³-hybridized carbons (Fsp3) is 0.200. The topological polar surface area (TPSA) is 127 Å². The lowest BCUT2D eigenvalue weighted by atomic mass is 9.89. The van der Waals surface area contributed by atoms with Gasteiger partial charge in [-0.2, -0.15) is 0 Å². The van der Waals surface area contributed by atoms with E-state index in [1.54, 1.807) is 24.0 Å². The van der Waals surface area contributed by atoms with Crippen molar-refractivity contribution >= 4 is 34.6 Å². The average Bonchev–Trinajstić information content (AvgIpc) is 2.84. The Bertz CT molecular complexity index is 1290. The first-order chi connectivity index (χ1) is 16.7. The standard InChI is InChI=1S/C25H22N4O6/c1-16-24(27(17(2)30)20-9-4-3-5-10-20)14-18-8-6-7-11-23(18)26(16)25(31)19-12-21(28(32)33)15-22(13-19)29(34)35/h3-13,15-16,24H,14H2,1-2H3. The number of carbonyl (C=O) groups is 2. The zero-order valence-electron chi connectivity index (χ0n) is 19.0. The molecule has 1 aliphatic heterocycles. The largest absolute Gasteiger partial charge is 0.307 e. The summed E-state index contributed by atoms with van der Waals surface area (Å²) in [4.78, 5) is 50.8. The van der Waals surface area contributed by atoms with Crippen LogP contribution in [-0.4, -0.2) is 33.7 Å². The van der Waals surface area contributed by atoms with E-state index in [1.165, 1.54) is 11.8 Å². The highest BCUT2D eigenvalue weighted by atomic mass is 16.6. The van der Waals surface area contributed by atoms with Crippen LogP contribution in [0.15, 0.2) is 72.8 Å². The highest BCUT2D eigenvalue weighted by Crippen LogP contribution is 2.36. The predicted molar refractivity (Wildman–Crippen MR) is 130 cm³/mol. The van der Waals surface area contributed by atoms with Gasteiger partial charge < -0.3 is 9.80 Å². The molecule has 0 saturated heterocycles. The van der Waals surface area contributed by atoms with E-state index in [4.69, 9.17) is 0 Å². The molecule has 0 aromatic heterocycles. The van der Waals surface area contributed by atoms with E-state index in [2.05, 4.69) is 0 Å². The number of rotatable bonds is 5. The summed E-state index contributed by atoms with van der Waals surface area (Å²) in [6.07, 6.45) is 0.477. The number of nitrogens with zero attached hydrogens (tertiary/aromatic N) is 4. The van der Waals surface area contributed by atoms with E-state index in [9.17, 15) is 29.8 Å². The summed E-state index contributed by atoms with van der Waals surface area (Å²) in [5.41, 5.74) is 0.799. The van der Waals surface area contributed by atoms with Gasteiger partial charge in [-0.1, -0.05) is 36.4 Å². The molecular formula is C25H22N4O6. The van der Waals surface area contributed by atoms with E-state index in [0.717, 1.165) is 23.8 Å². The van der Waals surface area contributed by atoms with E-state index >= 15 is 0 Å². The first-order valence-corrected chi connectivity index (χ1v) is 10.9. The van der Waals surface area contributed by atoms with E-state index in [0.29, 0.717) is 17.8 Å². The van der Waals surface area contributed by atoms with Crippen LogP contribution in [0.2, 0.25) is 0 Å². The van der Waals surface area contributed by atoms with Gasteiger partial charge >= 0.3 is 0 Å². The minimum atomic E-state index is -0.771. The summed E-state index contributed by atoms with van der Waals surface area (Å²) in [5.74, 6) is -0.830. The number of fused-ring (bicyclic) bond motifs is 1. The molecule has 0 fully saturated rings. The molecule has 178 valence electrons. The summed E-state index contributed by atoms with van der Waals surface area (Å²) in [5, 5.41) is 22.8. The predicted octanol–water partition coefficient (Wildman–Crippen LogP) is 4.52. The van der Waals surface area contributed by atoms with Crippen molar-refractivity contribution in [1.82, 2.24) is 0 Å². The maximum absolute atomic E-state index is 13.8. The van der Waals surface area contributed by atoms with Crippen LogP contribution in [0, 0.1) is 20.2 Å². The van der Waals surface area contributed by atoms with Gasteiger partial charge in [-0.25, -0.2) is 0 Å². The Morgan fingerprint density at radius 2 is 1.49 bits per heavy atom. The summed E-state index contributed by atoms with van der Waals surface area (Å²) in [6.45, 7) is 3.25. The first-order valence-electron chi connectivity index (χ1n) is 10.9. The fourth-order valence-electron chi connectivity index (χ4n) is 4.57. The Morgan fingerprint density at radius 3 is 2.06 bits per heavy atom. The van der Waals surface area contributed by atoms with Gasteiger partial charge in [0.15, 0.2) is 0 Å². The van der Waals surface area contributed by atoms with Crippen LogP contribution >= 0.6 is 0 Å². The molecule has 2 amide bonds. The van der Waals surface area contributed by atoms with Gasteiger partial charge in [0.2, 0.25) is 5.91 Å². The molecule has 0 radical (unpaired) electrons. The highest BCUT2D eigenvalue weighted by molar-refractivity contribution is 6.08. The Kier molecular flexibility index (Phi) is 6.28. The molecule has 4 rings (SSSR count). The molecule has 0 bridgehead atoms. The number of benzene rings is 3. The van der Waals surface area contributed by atoms with Crippen LogP contribution in [0.25, 0.3) is 0 Å². The second-order valence-corrected chi connectivity index (χ2v) is 8.29. The van der Waals surface area contributed by atoms with Gasteiger partial charge in [0.25, 0.3) is 17.3 Å². The monoisotopic (exact) mass is 474 g/mol. The lowest BCUT2D eigenvalue weighted by Crippen LogP contribution is -2.58. The van der Waals surface area contributed by atoms with Crippen molar-refractivity contribution in [3.8, 4) is 0 Å². The molecule has 10 heteroatoms. The Morgan fingerprint density at radius 1 is 0.914 bits per heavy atom. The third-order valence-corrected chi connectivity index (χ3v) is 6.14. The maximum atomic E-state index is 13.8. The number of amides is 2. The van der Waals surface area contributed by atoms with Crippen molar-refractivity contribution in [3.05, 3.63) is 104 Å². The first kappa shape index (κ1) is 23.6. The van der Waals surface area contributed by atoms with Gasteiger partial charge in [0, 0.05) is 30.4 Å². The number of non-ortho nitro benzene ring substituents is 2. The molecule has 1 aliphatic rings. The zero-order chi connectivity index (χ0) is 25.3. The van der Waals surface area contributed by atoms with Crippen LogP contribution in [0.3, 0.4) is 0 Å². The van der Waals surface area contributed by atoms with Crippen molar-refractivity contribution in [2.45, 2.75) is 32.4 Å². The van der Waals surface area contributed by atoms with E-state index < -0.39 is 39.2 Å². The van der Waals surface area contributed by atoms with Crippen molar-refractivity contribution in [2.75, 3.05) is 9.80 Å². The van der Waals surface area contributed by atoms with Gasteiger partial charge in [0.05, 0.1) is 33.6 Å². The number of nitro benzene ring substituents is 2. The molecule has 2 atom stereocenters. The summed E-state index contributed by atoms with van der Waals surface area (Å²) in [6, 6.07) is 18.2. The van der Waals surface area contributed by atoms with Crippen LogP contribution < -0.4 is 9.80 Å². The van der Waals surface area contributed by atoms with Gasteiger partial charge in [-0.3, -0.25) is 29.8 Å². The maximum Gasteiger partial charge on any atom is 0.277 e. The molecular weight excluding hydrogens is 452 g/mol. The van der Waals surface area contributed by atoms with Crippen molar-refractivity contribution in [3.63, 3.8) is 0 Å². The van der Waals surface area contributed by atoms with E-state index in [-0.39, 0.29) is 11.5 Å². The molecule has 0 spiro atoms. The highest BCUT2D eigenvalue weighted by Gasteiger charge is 2.40. The summed E-state index contributed by atoms with van der Waals surface area (Å²) < 4.78 is 0. The lowest BCUT2D eigenvalue weighted by Gasteiger charge is -2.45. The number of hydrogen-bond acceptors (Lipinski definition) is 6. The Balaban J connectivity index is 1.84. The number of para-hydroxylation sites is 2. The number of carbonyl (C=O) groups excluding carboxylic acids is 2. The van der Waals surface area contributed by atoms with Gasteiger partial charge in [-0.15, -0.1) is 0 Å². The third kappa shape index (κ3) is 4.45. The molecule has 2 unspecified atom stereocenters. The normalized spacial score (nSPS) is 16.8. The van der Waals surface area contributed by atoms with Crippen LogP contribution in [0.5, 0.6) is 0 Å². The minimum Gasteiger partial charge on any atom is -0.307 e. The number of nitro groups is 2. The molecule has 0 saturated carbocycles. The third-order valence-electron chi connectivity index (χ3n) is 6.14. The molecule has 0 N–H and O–H groups in total. The molecule has 1 heterocycles.